The highest BCUT2D eigenvalue weighted by Gasteiger charge is 2.00. The molecule has 0 atom stereocenters. The van der Waals surface area contributed by atoms with Gasteiger partial charge in [0, 0.05) is 0 Å². The Morgan fingerprint density at radius 3 is 0.462 bits per heavy atom. The van der Waals surface area contributed by atoms with Crippen molar-refractivity contribution in [1.29, 1.82) is 0 Å². The highest BCUT2D eigenvalue weighted by Crippen LogP contribution is 2.20. The van der Waals surface area contributed by atoms with E-state index in [9.17, 15) is 0 Å². The van der Waals surface area contributed by atoms with Gasteiger partial charge in [-0.05, 0) is 18.4 Å². The van der Waals surface area contributed by atoms with Crippen molar-refractivity contribution in [3.63, 3.8) is 0 Å². The van der Waals surface area contributed by atoms with Gasteiger partial charge in [0.2, 0.25) is 0 Å². The molecule has 0 unspecified atom stereocenters. The number of aryl methyl sites for hydroxylation is 1. The lowest BCUT2D eigenvalue weighted by atomic mass is 10.0. The lowest BCUT2D eigenvalue weighted by molar-refractivity contribution is 0.507. The molecule has 0 amide bonds. The fourth-order valence-electron chi connectivity index (χ4n) is 10.8. The molecule has 0 fully saturated rings. The number of rotatable bonds is 58. The summed E-state index contributed by atoms with van der Waals surface area (Å²) in [5.74, 6) is 0. The second kappa shape index (κ2) is 57.5. The van der Waals surface area contributed by atoms with Gasteiger partial charge in [0.1, 0.15) is 0 Å². The van der Waals surface area contributed by atoms with Crippen LogP contribution in [0.15, 0.2) is 30.3 Å². The summed E-state index contributed by atoms with van der Waals surface area (Å²) in [6.07, 6.45) is 85.8. The van der Waals surface area contributed by atoms with Crippen LogP contribution in [0.25, 0.3) is 0 Å². The number of hydrogen-bond donors (Lipinski definition) is 0. The molecule has 1 rings (SSSR count). The van der Waals surface area contributed by atoms with Crippen LogP contribution in [-0.4, -0.2) is 0 Å². The average Bonchev–Trinajstić information content (AvgIpc) is 3.33. The molecule has 0 N–H and O–H groups in total. The maximum absolute atomic E-state index is 2.31. The first-order chi connectivity index (χ1) is 32.4. The maximum Gasteiger partial charge on any atom is -0.0279 e. The molecule has 384 valence electrons. The summed E-state index contributed by atoms with van der Waals surface area (Å²) < 4.78 is 0. The van der Waals surface area contributed by atoms with E-state index in [1.807, 2.05) is 0 Å². The van der Waals surface area contributed by atoms with Crippen molar-refractivity contribution in [3.8, 4) is 0 Å². The SMILES string of the molecule is CCCCCCCCCCCCCCCCCCCCCCCCCCCCCCCCCCCCCCCCCCCCCCCCCCCCCCCCCCCc1ccccc1. The predicted octanol–water partition coefficient (Wildman–Crippen LogP) is 24.5. The quantitative estimate of drug-likeness (QED) is 0.0572. The van der Waals surface area contributed by atoms with E-state index in [4.69, 9.17) is 0 Å². The van der Waals surface area contributed by atoms with Crippen molar-refractivity contribution in [1.82, 2.24) is 0 Å². The first kappa shape index (κ1) is 62.2. The first-order valence-corrected chi connectivity index (χ1v) is 31.5. The molecule has 0 saturated carbocycles. The smallest absolute Gasteiger partial charge is 0.0279 e. The monoisotopic (exact) mass is 905 g/mol. The van der Waals surface area contributed by atoms with Gasteiger partial charge in [0.25, 0.3) is 0 Å². The summed E-state index contributed by atoms with van der Waals surface area (Å²) in [6, 6.07) is 11.0. The van der Waals surface area contributed by atoms with E-state index in [1.54, 1.807) is 0 Å². The third kappa shape index (κ3) is 54.0. The van der Waals surface area contributed by atoms with Crippen LogP contribution in [-0.2, 0) is 6.42 Å². The number of unbranched alkanes of at least 4 members (excludes halogenated alkanes) is 56. The Kier molecular flexibility index (Phi) is 55.1. The predicted molar refractivity (Wildman–Crippen MR) is 299 cm³/mol. The van der Waals surface area contributed by atoms with Crippen molar-refractivity contribution in [3.05, 3.63) is 35.9 Å². The number of benzene rings is 1. The van der Waals surface area contributed by atoms with Crippen molar-refractivity contribution >= 4 is 0 Å². The van der Waals surface area contributed by atoms with E-state index >= 15 is 0 Å². The molecule has 1 aromatic rings. The van der Waals surface area contributed by atoms with Gasteiger partial charge < -0.3 is 0 Å². The summed E-state index contributed by atoms with van der Waals surface area (Å²) in [5, 5.41) is 0. The van der Waals surface area contributed by atoms with E-state index in [0.29, 0.717) is 0 Å². The molecule has 65 heavy (non-hydrogen) atoms. The van der Waals surface area contributed by atoms with Crippen LogP contribution in [0.1, 0.15) is 378 Å². The summed E-state index contributed by atoms with van der Waals surface area (Å²) in [6.45, 7) is 2.31. The van der Waals surface area contributed by atoms with Crippen molar-refractivity contribution < 1.29 is 0 Å². The van der Waals surface area contributed by atoms with E-state index in [1.165, 1.54) is 378 Å². The molecule has 0 heteroatoms. The Balaban J connectivity index is 1.59. The summed E-state index contributed by atoms with van der Waals surface area (Å²) >= 11 is 0. The molecule has 0 nitrogen and oxygen atoms in total. The minimum absolute atomic E-state index is 1.26. The lowest BCUT2D eigenvalue weighted by Gasteiger charge is -2.05. The highest BCUT2D eigenvalue weighted by molar-refractivity contribution is 5.14. The van der Waals surface area contributed by atoms with Crippen LogP contribution in [0.4, 0.5) is 0 Å². The molecule has 0 spiro atoms. The van der Waals surface area contributed by atoms with Crippen LogP contribution < -0.4 is 0 Å². The molecule has 0 heterocycles. The second-order valence-corrected chi connectivity index (χ2v) is 22.0. The Hall–Kier alpha value is -0.780. The van der Waals surface area contributed by atoms with Gasteiger partial charge in [-0.1, -0.05) is 397 Å². The van der Waals surface area contributed by atoms with Crippen LogP contribution >= 0.6 is 0 Å². The molecular weight excluding hydrogens is 781 g/mol. The molecule has 0 aromatic heterocycles. The Bertz CT molecular complexity index is 933. The van der Waals surface area contributed by atoms with Gasteiger partial charge in [-0.15, -0.1) is 0 Å². The molecular formula is C65H124. The second-order valence-electron chi connectivity index (χ2n) is 22.0. The number of hydrogen-bond acceptors (Lipinski definition) is 0. The maximum atomic E-state index is 2.31. The molecule has 1 aromatic carbocycles. The van der Waals surface area contributed by atoms with Crippen molar-refractivity contribution in [2.45, 2.75) is 379 Å². The zero-order chi connectivity index (χ0) is 46.1. The van der Waals surface area contributed by atoms with E-state index in [2.05, 4.69) is 37.3 Å². The molecule has 0 saturated heterocycles. The summed E-state index contributed by atoms with van der Waals surface area (Å²) in [5.41, 5.74) is 1.51. The molecule has 0 aliphatic carbocycles. The van der Waals surface area contributed by atoms with Crippen LogP contribution in [0.2, 0.25) is 0 Å². The normalized spacial score (nSPS) is 11.6. The minimum atomic E-state index is 1.26. The van der Waals surface area contributed by atoms with Gasteiger partial charge in [-0.25, -0.2) is 0 Å². The third-order valence-electron chi connectivity index (χ3n) is 15.4. The molecule has 0 radical (unpaired) electrons. The van der Waals surface area contributed by atoms with Crippen LogP contribution in [0.5, 0.6) is 0 Å². The highest BCUT2D eigenvalue weighted by atomic mass is 14.1. The van der Waals surface area contributed by atoms with Gasteiger partial charge in [-0.2, -0.15) is 0 Å². The molecule has 0 aliphatic rings. The van der Waals surface area contributed by atoms with Gasteiger partial charge >= 0.3 is 0 Å². The van der Waals surface area contributed by atoms with E-state index in [-0.39, 0.29) is 0 Å². The molecule has 0 bridgehead atoms. The summed E-state index contributed by atoms with van der Waals surface area (Å²) in [7, 11) is 0. The topological polar surface area (TPSA) is 0 Å². The fraction of sp³-hybridized carbons (Fsp3) is 0.908. The molecule has 0 aliphatic heterocycles. The zero-order valence-electron chi connectivity index (χ0n) is 45.4. The Morgan fingerprint density at radius 2 is 0.308 bits per heavy atom. The van der Waals surface area contributed by atoms with Crippen LogP contribution in [0, 0.1) is 0 Å². The Labute approximate surface area is 413 Å². The lowest BCUT2D eigenvalue weighted by Crippen LogP contribution is -1.86. The van der Waals surface area contributed by atoms with Crippen molar-refractivity contribution in [2.24, 2.45) is 0 Å². The third-order valence-corrected chi connectivity index (χ3v) is 15.4. The Morgan fingerprint density at radius 1 is 0.169 bits per heavy atom. The van der Waals surface area contributed by atoms with Crippen molar-refractivity contribution in [2.75, 3.05) is 0 Å². The fourth-order valence-corrected chi connectivity index (χ4v) is 10.8. The standard InChI is InChI=1S/C65H124/c1-2-3-4-5-6-7-8-9-10-11-12-13-14-15-16-17-18-19-20-21-22-23-24-25-26-27-28-29-30-31-32-33-34-35-36-37-38-39-40-41-42-43-44-45-46-47-48-49-50-51-52-53-54-55-56-57-59-62-65-63-60-58-61-64-65/h58,60-61,63-64H,2-57,59,62H2,1H3. The minimum Gasteiger partial charge on any atom is -0.0654 e. The van der Waals surface area contributed by atoms with Gasteiger partial charge in [-0.3, -0.25) is 0 Å². The van der Waals surface area contributed by atoms with Gasteiger partial charge in [0.05, 0.1) is 0 Å². The van der Waals surface area contributed by atoms with Crippen LogP contribution in [0.3, 0.4) is 0 Å². The summed E-state index contributed by atoms with van der Waals surface area (Å²) in [4.78, 5) is 0. The average molecular weight is 906 g/mol. The van der Waals surface area contributed by atoms with E-state index in [0.717, 1.165) is 0 Å². The first-order valence-electron chi connectivity index (χ1n) is 31.5. The van der Waals surface area contributed by atoms with Gasteiger partial charge in [0.15, 0.2) is 0 Å². The largest absolute Gasteiger partial charge is 0.0654 e. The van der Waals surface area contributed by atoms with E-state index < -0.39 is 0 Å². The zero-order valence-corrected chi connectivity index (χ0v) is 45.4.